The van der Waals surface area contributed by atoms with Gasteiger partial charge >= 0.3 is 0 Å². The fourth-order valence-electron chi connectivity index (χ4n) is 4.16. The quantitative estimate of drug-likeness (QED) is 0.579. The predicted molar refractivity (Wildman–Crippen MR) is 75.9 cm³/mol. The number of alkyl halides is 1. The van der Waals surface area contributed by atoms with E-state index in [-0.39, 0.29) is 0 Å². The van der Waals surface area contributed by atoms with E-state index >= 15 is 0 Å². The molecule has 0 radical (unpaired) electrons. The van der Waals surface area contributed by atoms with Crippen LogP contribution in [-0.2, 0) is 5.88 Å². The lowest BCUT2D eigenvalue weighted by Gasteiger charge is -2.21. The second-order valence-electron chi connectivity index (χ2n) is 5.98. The third-order valence-electron chi connectivity index (χ3n) is 5.12. The van der Waals surface area contributed by atoms with Gasteiger partial charge < -0.3 is 4.90 Å². The molecule has 1 aliphatic heterocycles. The summed E-state index contributed by atoms with van der Waals surface area (Å²) in [5.74, 6) is 4.17. The summed E-state index contributed by atoms with van der Waals surface area (Å²) in [5.41, 5.74) is 2.58. The number of anilines is 1. The molecule has 18 heavy (non-hydrogen) atoms. The monoisotopic (exact) mass is 259 g/mol. The minimum atomic E-state index is 0.611. The van der Waals surface area contributed by atoms with Crippen molar-refractivity contribution in [3.8, 4) is 0 Å². The Balaban J connectivity index is 1.54. The van der Waals surface area contributed by atoms with Crippen molar-refractivity contribution in [1.29, 1.82) is 0 Å². The number of halogens is 1. The molecule has 2 heteroatoms. The number of nitrogens with zero attached hydrogens (tertiary/aromatic N) is 1. The van der Waals surface area contributed by atoms with Crippen molar-refractivity contribution in [2.45, 2.75) is 12.3 Å². The molecule has 2 fully saturated rings. The van der Waals surface area contributed by atoms with Crippen molar-refractivity contribution in [3.63, 3.8) is 0 Å². The summed E-state index contributed by atoms with van der Waals surface area (Å²) in [4.78, 5) is 2.57. The van der Waals surface area contributed by atoms with Gasteiger partial charge in [-0.05, 0) is 47.8 Å². The van der Waals surface area contributed by atoms with Crippen LogP contribution in [0.25, 0.3) is 0 Å². The Hall–Kier alpha value is -0.950. The second kappa shape index (κ2) is 4.03. The van der Waals surface area contributed by atoms with Crippen LogP contribution in [0.15, 0.2) is 36.4 Å². The van der Waals surface area contributed by atoms with Crippen molar-refractivity contribution in [2.75, 3.05) is 18.0 Å². The minimum Gasteiger partial charge on any atom is -0.371 e. The highest BCUT2D eigenvalue weighted by Gasteiger charge is 2.49. The van der Waals surface area contributed by atoms with Gasteiger partial charge in [0.25, 0.3) is 0 Å². The highest BCUT2D eigenvalue weighted by atomic mass is 35.5. The zero-order chi connectivity index (χ0) is 12.1. The zero-order valence-corrected chi connectivity index (χ0v) is 11.2. The summed E-state index contributed by atoms with van der Waals surface area (Å²) >= 11 is 5.84. The van der Waals surface area contributed by atoms with E-state index in [1.165, 1.54) is 30.8 Å². The summed E-state index contributed by atoms with van der Waals surface area (Å²) < 4.78 is 0. The lowest BCUT2D eigenvalue weighted by atomic mass is 9.86. The maximum absolute atomic E-state index is 5.84. The maximum atomic E-state index is 5.84. The molecule has 0 spiro atoms. The minimum absolute atomic E-state index is 0.611. The van der Waals surface area contributed by atoms with Crippen LogP contribution < -0.4 is 4.90 Å². The van der Waals surface area contributed by atoms with E-state index in [1.807, 2.05) is 0 Å². The molecule has 0 amide bonds. The van der Waals surface area contributed by atoms with Gasteiger partial charge in [0.15, 0.2) is 0 Å². The zero-order valence-electron chi connectivity index (χ0n) is 10.4. The van der Waals surface area contributed by atoms with Crippen molar-refractivity contribution in [1.82, 2.24) is 0 Å². The third kappa shape index (κ3) is 1.53. The van der Waals surface area contributed by atoms with Gasteiger partial charge in [0.2, 0.25) is 0 Å². The fraction of sp³-hybridized carbons (Fsp3) is 0.500. The van der Waals surface area contributed by atoms with E-state index in [0.29, 0.717) is 5.88 Å². The normalized spacial score (nSPS) is 36.4. The van der Waals surface area contributed by atoms with Gasteiger partial charge in [-0.1, -0.05) is 24.3 Å². The molecule has 0 N–H and O–H groups in total. The molecule has 0 aromatic heterocycles. The number of fused-ring (bicyclic) bond motifs is 5. The maximum Gasteiger partial charge on any atom is 0.0474 e. The van der Waals surface area contributed by atoms with Crippen molar-refractivity contribution in [3.05, 3.63) is 42.0 Å². The molecule has 1 aromatic rings. The average Bonchev–Trinajstić information content (AvgIpc) is 3.10. The van der Waals surface area contributed by atoms with Crippen molar-refractivity contribution in [2.24, 2.45) is 23.7 Å². The molecule has 1 saturated carbocycles. The Morgan fingerprint density at radius 2 is 1.61 bits per heavy atom. The summed E-state index contributed by atoms with van der Waals surface area (Å²) in [6.07, 6.45) is 6.35. The van der Waals surface area contributed by atoms with E-state index in [4.69, 9.17) is 11.6 Å². The van der Waals surface area contributed by atoms with Crippen LogP contribution in [-0.4, -0.2) is 13.1 Å². The topological polar surface area (TPSA) is 3.24 Å². The Bertz CT molecular complexity index is 458. The molecule has 1 aromatic carbocycles. The Kier molecular flexibility index (Phi) is 2.44. The first-order valence-electron chi connectivity index (χ1n) is 6.93. The molecule has 2 bridgehead atoms. The standard InChI is InChI=1S/C16H18ClN/c17-8-11-1-5-14(6-2-11)18-9-15-12-3-4-13(7-12)16(15)10-18/h1-6,12-13,15-16H,7-10H2. The summed E-state index contributed by atoms with van der Waals surface area (Å²) in [7, 11) is 0. The van der Waals surface area contributed by atoms with E-state index in [2.05, 4.69) is 41.3 Å². The van der Waals surface area contributed by atoms with Crippen LogP contribution in [0.4, 0.5) is 5.69 Å². The predicted octanol–water partition coefficient (Wildman–Crippen LogP) is 3.68. The smallest absolute Gasteiger partial charge is 0.0474 e. The molecular formula is C16H18ClN. The van der Waals surface area contributed by atoms with Crippen molar-refractivity contribution < 1.29 is 0 Å². The van der Waals surface area contributed by atoms with Crippen LogP contribution >= 0.6 is 11.6 Å². The lowest BCUT2D eigenvalue weighted by molar-refractivity contribution is 0.395. The Morgan fingerprint density at radius 1 is 1.00 bits per heavy atom. The number of allylic oxidation sites excluding steroid dienone is 2. The molecular weight excluding hydrogens is 242 g/mol. The van der Waals surface area contributed by atoms with Gasteiger partial charge in [-0.25, -0.2) is 0 Å². The lowest BCUT2D eigenvalue weighted by Crippen LogP contribution is -2.22. The fourth-order valence-corrected chi connectivity index (χ4v) is 4.34. The number of hydrogen-bond donors (Lipinski definition) is 0. The van der Waals surface area contributed by atoms with Crippen LogP contribution in [0.5, 0.6) is 0 Å². The van der Waals surface area contributed by atoms with Gasteiger partial charge in [-0.15, -0.1) is 11.6 Å². The molecule has 2 aliphatic carbocycles. The largest absolute Gasteiger partial charge is 0.371 e. The van der Waals surface area contributed by atoms with Crippen LogP contribution in [0.2, 0.25) is 0 Å². The number of rotatable bonds is 2. The highest BCUT2D eigenvalue weighted by molar-refractivity contribution is 6.17. The van der Waals surface area contributed by atoms with Crippen LogP contribution in [0.1, 0.15) is 12.0 Å². The van der Waals surface area contributed by atoms with Crippen molar-refractivity contribution >= 4 is 17.3 Å². The second-order valence-corrected chi connectivity index (χ2v) is 6.25. The Labute approximate surface area is 113 Å². The van der Waals surface area contributed by atoms with E-state index in [9.17, 15) is 0 Å². The van der Waals surface area contributed by atoms with Crippen LogP contribution in [0, 0.1) is 23.7 Å². The number of hydrogen-bond acceptors (Lipinski definition) is 1. The summed E-state index contributed by atoms with van der Waals surface area (Å²) in [5, 5.41) is 0. The first-order valence-corrected chi connectivity index (χ1v) is 7.47. The first kappa shape index (κ1) is 10.9. The first-order chi connectivity index (χ1) is 8.85. The molecule has 94 valence electrons. The van der Waals surface area contributed by atoms with Gasteiger partial charge in [-0.3, -0.25) is 0 Å². The molecule has 1 saturated heterocycles. The van der Waals surface area contributed by atoms with E-state index in [0.717, 1.165) is 23.7 Å². The molecule has 1 heterocycles. The molecule has 4 rings (SSSR count). The Morgan fingerprint density at radius 3 is 2.17 bits per heavy atom. The van der Waals surface area contributed by atoms with Crippen LogP contribution in [0.3, 0.4) is 0 Å². The summed E-state index contributed by atoms with van der Waals surface area (Å²) in [6.45, 7) is 2.49. The molecule has 3 aliphatic rings. The molecule has 4 unspecified atom stereocenters. The SMILES string of the molecule is ClCc1ccc(N2CC3C4C=CC(C4)C3C2)cc1. The van der Waals surface area contributed by atoms with E-state index < -0.39 is 0 Å². The van der Waals surface area contributed by atoms with Gasteiger partial charge in [0.05, 0.1) is 0 Å². The average molecular weight is 260 g/mol. The van der Waals surface area contributed by atoms with E-state index in [1.54, 1.807) is 0 Å². The molecule has 1 nitrogen and oxygen atoms in total. The van der Waals surface area contributed by atoms with Gasteiger partial charge in [-0.2, -0.15) is 0 Å². The third-order valence-corrected chi connectivity index (χ3v) is 5.43. The van der Waals surface area contributed by atoms with Gasteiger partial charge in [0, 0.05) is 24.7 Å². The highest BCUT2D eigenvalue weighted by Crippen LogP contribution is 2.51. The molecule has 4 atom stereocenters. The summed E-state index contributed by atoms with van der Waals surface area (Å²) in [6, 6.07) is 8.77. The number of benzene rings is 1. The van der Waals surface area contributed by atoms with Gasteiger partial charge in [0.1, 0.15) is 0 Å².